The van der Waals surface area contributed by atoms with Crippen molar-refractivity contribution in [3.05, 3.63) is 64.7 Å². The molecule has 1 N–H and O–H groups in total. The van der Waals surface area contributed by atoms with Crippen molar-refractivity contribution in [2.45, 2.75) is 38.5 Å². The Hall–Kier alpha value is -2.56. The summed E-state index contributed by atoms with van der Waals surface area (Å²) in [7, 11) is 0. The minimum atomic E-state index is -0.763. The summed E-state index contributed by atoms with van der Waals surface area (Å²) < 4.78 is 26.2. The zero-order chi connectivity index (χ0) is 17.8. The van der Waals surface area contributed by atoms with E-state index >= 15 is 0 Å². The SMILES string of the molecule is O=C(CCC(=O)c1ccc2c(c1)CCCC2)Nc1cc(F)cc(F)c1. The maximum absolute atomic E-state index is 13.1. The Labute approximate surface area is 145 Å². The van der Waals surface area contributed by atoms with Gasteiger partial charge >= 0.3 is 0 Å². The second kappa shape index (κ2) is 7.55. The van der Waals surface area contributed by atoms with E-state index in [1.807, 2.05) is 18.2 Å². The van der Waals surface area contributed by atoms with Crippen molar-refractivity contribution in [3.8, 4) is 0 Å². The quantitative estimate of drug-likeness (QED) is 0.816. The van der Waals surface area contributed by atoms with E-state index in [1.165, 1.54) is 17.5 Å². The number of nitrogens with one attached hydrogen (secondary N) is 1. The number of hydrogen-bond donors (Lipinski definition) is 1. The standard InChI is InChI=1S/C20H19F2NO2/c21-16-10-17(22)12-18(11-16)23-20(25)8-7-19(24)15-6-5-13-3-1-2-4-14(13)9-15/h5-6,9-12H,1-4,7-8H2,(H,23,25). The van der Waals surface area contributed by atoms with Crippen LogP contribution in [0.25, 0.3) is 0 Å². The van der Waals surface area contributed by atoms with Crippen molar-refractivity contribution < 1.29 is 18.4 Å². The molecule has 0 saturated carbocycles. The second-order valence-corrected chi connectivity index (χ2v) is 6.32. The summed E-state index contributed by atoms with van der Waals surface area (Å²) in [5, 5.41) is 2.41. The summed E-state index contributed by atoms with van der Waals surface area (Å²) in [6.45, 7) is 0. The minimum absolute atomic E-state index is 0.0337. The molecule has 1 amide bonds. The van der Waals surface area contributed by atoms with E-state index in [-0.39, 0.29) is 24.3 Å². The van der Waals surface area contributed by atoms with E-state index in [2.05, 4.69) is 5.32 Å². The topological polar surface area (TPSA) is 46.2 Å². The highest BCUT2D eigenvalue weighted by molar-refractivity contribution is 6.00. The molecule has 2 aromatic carbocycles. The summed E-state index contributed by atoms with van der Waals surface area (Å²) in [5.41, 5.74) is 3.18. The van der Waals surface area contributed by atoms with Gasteiger partial charge in [0.1, 0.15) is 11.6 Å². The van der Waals surface area contributed by atoms with Crippen molar-refractivity contribution >= 4 is 17.4 Å². The van der Waals surface area contributed by atoms with Gasteiger partial charge in [0.2, 0.25) is 5.91 Å². The number of benzene rings is 2. The Bertz CT molecular complexity index is 797. The summed E-state index contributed by atoms with van der Waals surface area (Å²) in [6, 6.07) is 8.54. The fourth-order valence-corrected chi connectivity index (χ4v) is 3.13. The molecule has 2 aromatic rings. The number of rotatable bonds is 5. The smallest absolute Gasteiger partial charge is 0.224 e. The molecule has 130 valence electrons. The maximum atomic E-state index is 13.1. The summed E-state index contributed by atoms with van der Waals surface area (Å²) in [6.07, 6.45) is 4.38. The molecule has 0 spiro atoms. The van der Waals surface area contributed by atoms with Crippen molar-refractivity contribution in [1.82, 2.24) is 0 Å². The van der Waals surface area contributed by atoms with Gasteiger partial charge in [0, 0.05) is 30.2 Å². The zero-order valence-electron chi connectivity index (χ0n) is 13.8. The number of fused-ring (bicyclic) bond motifs is 1. The first-order valence-electron chi connectivity index (χ1n) is 8.42. The van der Waals surface area contributed by atoms with Gasteiger partial charge in [-0.3, -0.25) is 9.59 Å². The third-order valence-corrected chi connectivity index (χ3v) is 4.40. The molecule has 1 aliphatic rings. The Kier molecular flexibility index (Phi) is 5.22. The number of halogens is 2. The van der Waals surface area contributed by atoms with E-state index in [4.69, 9.17) is 0 Å². The number of carbonyl (C=O) groups excluding carboxylic acids is 2. The molecule has 0 radical (unpaired) electrons. The highest BCUT2D eigenvalue weighted by atomic mass is 19.1. The van der Waals surface area contributed by atoms with Crippen molar-refractivity contribution in [2.24, 2.45) is 0 Å². The average Bonchev–Trinajstić information content (AvgIpc) is 2.58. The number of amides is 1. The normalized spacial score (nSPS) is 13.2. The van der Waals surface area contributed by atoms with E-state index < -0.39 is 17.5 Å². The van der Waals surface area contributed by atoms with Gasteiger partial charge in [-0.25, -0.2) is 8.78 Å². The van der Waals surface area contributed by atoms with Crippen LogP contribution in [0, 0.1) is 11.6 Å². The molecule has 0 bridgehead atoms. The maximum Gasteiger partial charge on any atom is 0.224 e. The van der Waals surface area contributed by atoms with Gasteiger partial charge in [0.05, 0.1) is 0 Å². The van der Waals surface area contributed by atoms with Crippen LogP contribution in [0.3, 0.4) is 0 Å². The minimum Gasteiger partial charge on any atom is -0.326 e. The fourth-order valence-electron chi connectivity index (χ4n) is 3.13. The van der Waals surface area contributed by atoms with Gasteiger partial charge in [-0.2, -0.15) is 0 Å². The molecule has 0 heterocycles. The molecule has 3 rings (SSSR count). The summed E-state index contributed by atoms with van der Waals surface area (Å²) in [5.74, 6) is -2.08. The number of hydrogen-bond acceptors (Lipinski definition) is 2. The van der Waals surface area contributed by atoms with Crippen LogP contribution in [0.2, 0.25) is 0 Å². The van der Waals surface area contributed by atoms with Gasteiger partial charge in [-0.1, -0.05) is 12.1 Å². The van der Waals surface area contributed by atoms with Gasteiger partial charge in [-0.15, -0.1) is 0 Å². The Morgan fingerprint density at radius 1 is 0.880 bits per heavy atom. The predicted molar refractivity (Wildman–Crippen MR) is 91.6 cm³/mol. The van der Waals surface area contributed by atoms with Crippen LogP contribution in [-0.4, -0.2) is 11.7 Å². The van der Waals surface area contributed by atoms with Crippen molar-refractivity contribution in [3.63, 3.8) is 0 Å². The molecular weight excluding hydrogens is 324 g/mol. The molecule has 0 atom stereocenters. The number of anilines is 1. The van der Waals surface area contributed by atoms with Crippen LogP contribution < -0.4 is 5.32 Å². The Morgan fingerprint density at radius 2 is 1.56 bits per heavy atom. The third-order valence-electron chi connectivity index (χ3n) is 4.40. The lowest BCUT2D eigenvalue weighted by Crippen LogP contribution is -2.14. The molecule has 0 fully saturated rings. The molecule has 25 heavy (non-hydrogen) atoms. The van der Waals surface area contributed by atoms with Crippen LogP contribution in [0.1, 0.15) is 47.2 Å². The molecule has 1 aliphatic carbocycles. The number of carbonyl (C=O) groups is 2. The number of aryl methyl sites for hydroxylation is 2. The Balaban J connectivity index is 1.57. The first kappa shape index (κ1) is 17.3. The molecule has 0 saturated heterocycles. The van der Waals surface area contributed by atoms with Gasteiger partial charge in [0.25, 0.3) is 0 Å². The van der Waals surface area contributed by atoms with Crippen LogP contribution in [0.5, 0.6) is 0 Å². The van der Waals surface area contributed by atoms with Gasteiger partial charge < -0.3 is 5.32 Å². The largest absolute Gasteiger partial charge is 0.326 e. The lowest BCUT2D eigenvalue weighted by molar-refractivity contribution is -0.116. The molecule has 3 nitrogen and oxygen atoms in total. The Morgan fingerprint density at radius 3 is 2.28 bits per heavy atom. The highest BCUT2D eigenvalue weighted by Gasteiger charge is 2.14. The van der Waals surface area contributed by atoms with E-state index in [1.54, 1.807) is 0 Å². The summed E-state index contributed by atoms with van der Waals surface area (Å²) >= 11 is 0. The van der Waals surface area contributed by atoms with Gasteiger partial charge in [0.15, 0.2) is 5.78 Å². The van der Waals surface area contributed by atoms with E-state index in [9.17, 15) is 18.4 Å². The van der Waals surface area contributed by atoms with Crippen LogP contribution >= 0.6 is 0 Å². The lowest BCUT2D eigenvalue weighted by Gasteiger charge is -2.16. The summed E-state index contributed by atoms with van der Waals surface area (Å²) in [4.78, 5) is 24.2. The second-order valence-electron chi connectivity index (χ2n) is 6.32. The highest BCUT2D eigenvalue weighted by Crippen LogP contribution is 2.23. The molecule has 0 aliphatic heterocycles. The number of Topliss-reactive ketones (excluding diaryl/α,β-unsaturated/α-hetero) is 1. The first-order chi connectivity index (χ1) is 12.0. The van der Waals surface area contributed by atoms with Crippen LogP contribution in [0.4, 0.5) is 14.5 Å². The van der Waals surface area contributed by atoms with Gasteiger partial charge in [-0.05, 0) is 55.0 Å². The molecule has 0 aromatic heterocycles. The van der Waals surface area contributed by atoms with Crippen molar-refractivity contribution in [2.75, 3.05) is 5.32 Å². The molecular formula is C20H19F2NO2. The average molecular weight is 343 g/mol. The van der Waals surface area contributed by atoms with Crippen LogP contribution in [-0.2, 0) is 17.6 Å². The van der Waals surface area contributed by atoms with E-state index in [0.29, 0.717) is 5.56 Å². The molecule has 5 heteroatoms. The molecule has 0 unspecified atom stereocenters. The fraction of sp³-hybridized carbons (Fsp3) is 0.300. The lowest BCUT2D eigenvalue weighted by atomic mass is 9.89. The van der Waals surface area contributed by atoms with Crippen LogP contribution in [0.15, 0.2) is 36.4 Å². The third kappa shape index (κ3) is 4.50. The predicted octanol–water partition coefficient (Wildman–Crippen LogP) is 4.45. The van der Waals surface area contributed by atoms with Crippen molar-refractivity contribution in [1.29, 1.82) is 0 Å². The number of ketones is 1. The monoisotopic (exact) mass is 343 g/mol. The van der Waals surface area contributed by atoms with E-state index in [0.717, 1.165) is 37.5 Å². The zero-order valence-corrected chi connectivity index (χ0v) is 13.8. The first-order valence-corrected chi connectivity index (χ1v) is 8.42.